The van der Waals surface area contributed by atoms with Crippen LogP contribution in [-0.4, -0.2) is 42.2 Å². The number of nitrogens with two attached hydrogens (primary N) is 1. The SMILES string of the molecule is COc1cc(C(C)OC(=O)CCCN)c([N+](=O)[O-])cc1OCCCC(=O)O. The number of nitrogens with zero attached hydrogens (tertiary/aromatic N) is 1. The van der Waals surface area contributed by atoms with E-state index in [2.05, 4.69) is 0 Å². The lowest BCUT2D eigenvalue weighted by atomic mass is 10.1. The van der Waals surface area contributed by atoms with Gasteiger partial charge in [-0.15, -0.1) is 0 Å². The fourth-order valence-electron chi connectivity index (χ4n) is 2.29. The number of ether oxygens (including phenoxy) is 3. The number of carboxylic acids is 1. The second kappa shape index (κ2) is 11.0. The molecular weight excluding hydrogens is 360 g/mol. The normalized spacial score (nSPS) is 11.5. The highest BCUT2D eigenvalue weighted by atomic mass is 16.6. The van der Waals surface area contributed by atoms with Gasteiger partial charge in [-0.2, -0.15) is 0 Å². The van der Waals surface area contributed by atoms with Crippen LogP contribution in [0.2, 0.25) is 0 Å². The van der Waals surface area contributed by atoms with Crippen LogP contribution in [0.3, 0.4) is 0 Å². The summed E-state index contributed by atoms with van der Waals surface area (Å²) >= 11 is 0. The Kier molecular flexibility index (Phi) is 9.00. The van der Waals surface area contributed by atoms with Gasteiger partial charge in [-0.3, -0.25) is 19.7 Å². The van der Waals surface area contributed by atoms with Crippen molar-refractivity contribution in [1.29, 1.82) is 0 Å². The molecule has 0 heterocycles. The number of nitro benzene ring substituents is 1. The minimum Gasteiger partial charge on any atom is -0.493 e. The zero-order valence-corrected chi connectivity index (χ0v) is 15.3. The molecule has 0 amide bonds. The highest BCUT2D eigenvalue weighted by Gasteiger charge is 2.26. The molecular formula is C17H24N2O8. The summed E-state index contributed by atoms with van der Waals surface area (Å²) in [4.78, 5) is 33.1. The number of benzene rings is 1. The zero-order chi connectivity index (χ0) is 20.4. The van der Waals surface area contributed by atoms with Crippen LogP contribution in [0.5, 0.6) is 11.5 Å². The molecule has 0 saturated carbocycles. The van der Waals surface area contributed by atoms with Crippen LogP contribution >= 0.6 is 0 Å². The molecule has 10 heteroatoms. The van der Waals surface area contributed by atoms with Gasteiger partial charge < -0.3 is 25.1 Å². The molecule has 1 aromatic carbocycles. The zero-order valence-electron chi connectivity index (χ0n) is 15.3. The first kappa shape index (κ1) is 22.2. The molecule has 0 aliphatic rings. The van der Waals surface area contributed by atoms with Crippen molar-refractivity contribution in [3.63, 3.8) is 0 Å². The van der Waals surface area contributed by atoms with Gasteiger partial charge in [-0.05, 0) is 32.4 Å². The van der Waals surface area contributed by atoms with Crippen molar-refractivity contribution >= 4 is 17.6 Å². The summed E-state index contributed by atoms with van der Waals surface area (Å²) in [6, 6.07) is 2.56. The number of esters is 1. The first-order valence-electron chi connectivity index (χ1n) is 8.40. The van der Waals surface area contributed by atoms with E-state index in [9.17, 15) is 19.7 Å². The Morgan fingerprint density at radius 2 is 1.96 bits per heavy atom. The molecule has 10 nitrogen and oxygen atoms in total. The molecule has 0 aliphatic carbocycles. The third kappa shape index (κ3) is 7.10. The van der Waals surface area contributed by atoms with E-state index in [1.807, 2.05) is 0 Å². The number of hydrogen-bond donors (Lipinski definition) is 2. The molecule has 0 bridgehead atoms. The Hall–Kier alpha value is -2.88. The van der Waals surface area contributed by atoms with Crippen LogP contribution in [0.25, 0.3) is 0 Å². The smallest absolute Gasteiger partial charge is 0.306 e. The molecule has 0 saturated heterocycles. The molecule has 0 aromatic heterocycles. The van der Waals surface area contributed by atoms with E-state index in [0.717, 1.165) is 0 Å². The van der Waals surface area contributed by atoms with Gasteiger partial charge in [-0.25, -0.2) is 0 Å². The minimum atomic E-state index is -0.961. The van der Waals surface area contributed by atoms with E-state index in [1.165, 1.54) is 26.2 Å². The number of aliphatic carboxylic acids is 1. The predicted octanol–water partition coefficient (Wildman–Crippen LogP) is 2.19. The molecule has 0 aliphatic heterocycles. The monoisotopic (exact) mass is 384 g/mol. The Balaban J connectivity index is 3.01. The highest BCUT2D eigenvalue weighted by molar-refractivity contribution is 5.70. The second-order valence-electron chi connectivity index (χ2n) is 5.69. The summed E-state index contributed by atoms with van der Waals surface area (Å²) in [5.41, 5.74) is 5.22. The van der Waals surface area contributed by atoms with Gasteiger partial charge in [0.25, 0.3) is 5.69 Å². The molecule has 1 aromatic rings. The van der Waals surface area contributed by atoms with E-state index in [0.29, 0.717) is 13.0 Å². The maximum atomic E-state index is 11.8. The van der Waals surface area contributed by atoms with Crippen LogP contribution < -0.4 is 15.2 Å². The van der Waals surface area contributed by atoms with Crippen LogP contribution in [0.15, 0.2) is 12.1 Å². The van der Waals surface area contributed by atoms with Crippen LogP contribution in [-0.2, 0) is 14.3 Å². The van der Waals surface area contributed by atoms with Crippen molar-refractivity contribution in [1.82, 2.24) is 0 Å². The van der Waals surface area contributed by atoms with E-state index in [4.69, 9.17) is 25.1 Å². The fourth-order valence-corrected chi connectivity index (χ4v) is 2.29. The summed E-state index contributed by atoms with van der Waals surface area (Å²) in [6.07, 6.45) is -0.136. The standard InChI is InChI=1S/C17H24N2O8/c1-11(27-17(22)6-3-7-18)12-9-14(25-2)15(10-13(12)19(23)24)26-8-4-5-16(20)21/h9-11H,3-8,18H2,1-2H3,(H,20,21). The highest BCUT2D eigenvalue weighted by Crippen LogP contribution is 2.38. The van der Waals surface area contributed by atoms with Crippen LogP contribution in [0.1, 0.15) is 44.3 Å². The number of carbonyl (C=O) groups excluding carboxylic acids is 1. The number of carbonyl (C=O) groups is 2. The van der Waals surface area contributed by atoms with Crippen LogP contribution in [0, 0.1) is 10.1 Å². The topological polar surface area (TPSA) is 151 Å². The summed E-state index contributed by atoms with van der Waals surface area (Å²) in [5.74, 6) is -1.14. The molecule has 0 fully saturated rings. The lowest BCUT2D eigenvalue weighted by Crippen LogP contribution is -2.12. The Labute approximate surface area is 156 Å². The minimum absolute atomic E-state index is 0.0583. The summed E-state index contributed by atoms with van der Waals surface area (Å²) in [6.45, 7) is 1.92. The van der Waals surface area contributed by atoms with E-state index in [1.54, 1.807) is 0 Å². The van der Waals surface area contributed by atoms with Gasteiger partial charge in [0.1, 0.15) is 6.10 Å². The van der Waals surface area contributed by atoms with Crippen molar-refractivity contribution in [2.75, 3.05) is 20.3 Å². The molecule has 1 atom stereocenters. The molecule has 0 spiro atoms. The lowest BCUT2D eigenvalue weighted by molar-refractivity contribution is -0.386. The summed E-state index contributed by atoms with van der Waals surface area (Å²) < 4.78 is 15.9. The second-order valence-corrected chi connectivity index (χ2v) is 5.69. The Morgan fingerprint density at radius 3 is 2.52 bits per heavy atom. The lowest BCUT2D eigenvalue weighted by Gasteiger charge is -2.17. The van der Waals surface area contributed by atoms with Gasteiger partial charge in [0.05, 0.1) is 30.3 Å². The third-order valence-electron chi connectivity index (χ3n) is 3.63. The van der Waals surface area contributed by atoms with Gasteiger partial charge in [0.15, 0.2) is 11.5 Å². The number of methoxy groups -OCH3 is 1. The molecule has 150 valence electrons. The largest absolute Gasteiger partial charge is 0.493 e. The van der Waals surface area contributed by atoms with E-state index < -0.39 is 23.0 Å². The first-order valence-corrected chi connectivity index (χ1v) is 8.40. The Bertz CT molecular complexity index is 677. The molecule has 0 radical (unpaired) electrons. The van der Waals surface area contributed by atoms with Crippen molar-refractivity contribution < 1.29 is 33.8 Å². The molecule has 1 rings (SSSR count). The molecule has 1 unspecified atom stereocenters. The van der Waals surface area contributed by atoms with Gasteiger partial charge in [0, 0.05) is 12.8 Å². The van der Waals surface area contributed by atoms with Gasteiger partial charge in [0.2, 0.25) is 0 Å². The van der Waals surface area contributed by atoms with E-state index in [-0.39, 0.29) is 48.6 Å². The average Bonchev–Trinajstić information content (AvgIpc) is 2.62. The maximum Gasteiger partial charge on any atom is 0.306 e. The number of hydrogen-bond acceptors (Lipinski definition) is 8. The summed E-state index contributed by atoms with van der Waals surface area (Å²) in [5, 5.41) is 20.1. The quantitative estimate of drug-likeness (QED) is 0.239. The van der Waals surface area contributed by atoms with E-state index >= 15 is 0 Å². The first-order chi connectivity index (χ1) is 12.8. The molecule has 27 heavy (non-hydrogen) atoms. The number of nitro groups is 1. The third-order valence-corrected chi connectivity index (χ3v) is 3.63. The average molecular weight is 384 g/mol. The van der Waals surface area contributed by atoms with Crippen LogP contribution in [0.4, 0.5) is 5.69 Å². The number of carboxylic acid groups (broad SMARTS) is 1. The maximum absolute atomic E-state index is 11.8. The molecule has 3 N–H and O–H groups in total. The predicted molar refractivity (Wildman–Crippen MR) is 94.8 cm³/mol. The van der Waals surface area contributed by atoms with Crippen molar-refractivity contribution in [3.8, 4) is 11.5 Å². The fraction of sp³-hybridized carbons (Fsp3) is 0.529. The Morgan fingerprint density at radius 1 is 1.26 bits per heavy atom. The van der Waals surface area contributed by atoms with Gasteiger partial charge in [-0.1, -0.05) is 0 Å². The number of rotatable bonds is 12. The van der Waals surface area contributed by atoms with Crippen molar-refractivity contribution in [2.24, 2.45) is 5.73 Å². The van der Waals surface area contributed by atoms with Crippen molar-refractivity contribution in [3.05, 3.63) is 27.8 Å². The van der Waals surface area contributed by atoms with Crippen molar-refractivity contribution in [2.45, 2.75) is 38.7 Å². The summed E-state index contributed by atoms with van der Waals surface area (Å²) in [7, 11) is 1.37. The van der Waals surface area contributed by atoms with Gasteiger partial charge >= 0.3 is 11.9 Å².